The number of rotatable bonds is 3. The first-order valence-electron chi connectivity index (χ1n) is 5.38. The van der Waals surface area contributed by atoms with Crippen molar-refractivity contribution in [2.24, 2.45) is 0 Å². The van der Waals surface area contributed by atoms with Crippen LogP contribution in [0.3, 0.4) is 0 Å². The van der Waals surface area contributed by atoms with Crippen LogP contribution in [0, 0.1) is 13.8 Å². The fourth-order valence-electron chi connectivity index (χ4n) is 1.63. The van der Waals surface area contributed by atoms with Gasteiger partial charge in [-0.25, -0.2) is 0 Å². The second-order valence-electron chi connectivity index (χ2n) is 4.10. The van der Waals surface area contributed by atoms with Crippen molar-refractivity contribution >= 4 is 17.2 Å². The van der Waals surface area contributed by atoms with E-state index in [2.05, 4.69) is 23.2 Å². The molecule has 0 aliphatic heterocycles. The SMILES string of the molecule is Cc1ccsc1CN(C)C(=O)c1cn[nH]c1C. The van der Waals surface area contributed by atoms with E-state index in [1.165, 1.54) is 10.4 Å². The largest absolute Gasteiger partial charge is 0.336 e. The summed E-state index contributed by atoms with van der Waals surface area (Å²) >= 11 is 1.68. The molecule has 0 bridgehead atoms. The zero-order valence-corrected chi connectivity index (χ0v) is 11.0. The van der Waals surface area contributed by atoms with Gasteiger partial charge in [-0.05, 0) is 30.9 Å². The van der Waals surface area contributed by atoms with Gasteiger partial charge in [0, 0.05) is 17.6 Å². The number of amides is 1. The first kappa shape index (κ1) is 11.9. The van der Waals surface area contributed by atoms with E-state index in [4.69, 9.17) is 0 Å². The van der Waals surface area contributed by atoms with Crippen molar-refractivity contribution in [2.75, 3.05) is 7.05 Å². The van der Waals surface area contributed by atoms with Crippen LogP contribution in [0.1, 0.15) is 26.5 Å². The summed E-state index contributed by atoms with van der Waals surface area (Å²) in [5.74, 6) is 0.00375. The third-order valence-corrected chi connectivity index (χ3v) is 3.76. The van der Waals surface area contributed by atoms with Crippen molar-refractivity contribution in [2.45, 2.75) is 20.4 Å². The smallest absolute Gasteiger partial charge is 0.257 e. The van der Waals surface area contributed by atoms with Gasteiger partial charge in [0.15, 0.2) is 0 Å². The number of hydrogen-bond donors (Lipinski definition) is 1. The Bertz CT molecular complexity index is 529. The maximum Gasteiger partial charge on any atom is 0.257 e. The number of nitrogens with one attached hydrogen (secondary N) is 1. The minimum absolute atomic E-state index is 0.00375. The minimum atomic E-state index is 0.00375. The molecule has 5 heteroatoms. The molecule has 2 rings (SSSR count). The third kappa shape index (κ3) is 2.39. The van der Waals surface area contributed by atoms with E-state index < -0.39 is 0 Å². The van der Waals surface area contributed by atoms with Crippen molar-refractivity contribution < 1.29 is 4.79 Å². The highest BCUT2D eigenvalue weighted by Crippen LogP contribution is 2.18. The molecular formula is C12H15N3OS. The Balaban J connectivity index is 2.11. The van der Waals surface area contributed by atoms with Gasteiger partial charge in [-0.2, -0.15) is 5.10 Å². The van der Waals surface area contributed by atoms with Gasteiger partial charge in [-0.15, -0.1) is 11.3 Å². The Morgan fingerprint density at radius 2 is 2.29 bits per heavy atom. The molecule has 0 atom stereocenters. The summed E-state index contributed by atoms with van der Waals surface area (Å²) in [7, 11) is 1.81. The number of nitrogens with zero attached hydrogens (tertiary/aromatic N) is 2. The molecule has 0 spiro atoms. The van der Waals surface area contributed by atoms with Crippen molar-refractivity contribution in [3.63, 3.8) is 0 Å². The van der Waals surface area contributed by atoms with E-state index in [-0.39, 0.29) is 5.91 Å². The molecule has 0 unspecified atom stereocenters. The van der Waals surface area contributed by atoms with Crippen molar-refractivity contribution in [1.29, 1.82) is 0 Å². The molecule has 0 fully saturated rings. The Morgan fingerprint density at radius 1 is 1.53 bits per heavy atom. The first-order chi connectivity index (χ1) is 8.09. The van der Waals surface area contributed by atoms with E-state index in [0.29, 0.717) is 12.1 Å². The predicted molar refractivity (Wildman–Crippen MR) is 68.2 cm³/mol. The van der Waals surface area contributed by atoms with Gasteiger partial charge in [-0.1, -0.05) is 0 Å². The number of aromatic nitrogens is 2. The Labute approximate surface area is 104 Å². The zero-order chi connectivity index (χ0) is 12.4. The molecule has 0 radical (unpaired) electrons. The zero-order valence-electron chi connectivity index (χ0n) is 10.2. The lowest BCUT2D eigenvalue weighted by atomic mass is 10.2. The van der Waals surface area contributed by atoms with Crippen LogP contribution in [0.25, 0.3) is 0 Å². The highest BCUT2D eigenvalue weighted by molar-refractivity contribution is 7.10. The summed E-state index contributed by atoms with van der Waals surface area (Å²) in [4.78, 5) is 15.1. The molecule has 2 aromatic rings. The summed E-state index contributed by atoms with van der Waals surface area (Å²) in [6.07, 6.45) is 1.58. The van der Waals surface area contributed by atoms with Crippen LogP contribution in [-0.2, 0) is 6.54 Å². The molecule has 0 aliphatic carbocycles. The van der Waals surface area contributed by atoms with E-state index in [9.17, 15) is 4.79 Å². The number of thiophene rings is 1. The van der Waals surface area contributed by atoms with Gasteiger partial charge in [0.2, 0.25) is 0 Å². The molecule has 0 aliphatic rings. The molecule has 17 heavy (non-hydrogen) atoms. The topological polar surface area (TPSA) is 49.0 Å². The second kappa shape index (κ2) is 4.71. The van der Waals surface area contributed by atoms with Crippen molar-refractivity contribution in [1.82, 2.24) is 15.1 Å². The van der Waals surface area contributed by atoms with Gasteiger partial charge < -0.3 is 4.90 Å². The number of aromatic amines is 1. The summed E-state index contributed by atoms with van der Waals surface area (Å²) < 4.78 is 0. The number of carbonyl (C=O) groups excluding carboxylic acids is 1. The maximum absolute atomic E-state index is 12.1. The maximum atomic E-state index is 12.1. The Hall–Kier alpha value is -1.62. The van der Waals surface area contributed by atoms with Crippen LogP contribution in [0.2, 0.25) is 0 Å². The molecule has 0 aromatic carbocycles. The molecule has 4 nitrogen and oxygen atoms in total. The molecule has 0 saturated heterocycles. The highest BCUT2D eigenvalue weighted by Gasteiger charge is 2.16. The quantitative estimate of drug-likeness (QED) is 0.907. The van der Waals surface area contributed by atoms with Crippen molar-refractivity contribution in [3.8, 4) is 0 Å². The van der Waals surface area contributed by atoms with Gasteiger partial charge in [0.25, 0.3) is 5.91 Å². The van der Waals surface area contributed by atoms with Crippen LogP contribution in [-0.4, -0.2) is 28.1 Å². The Kier molecular flexibility index (Phi) is 3.28. The fourth-order valence-corrected chi connectivity index (χ4v) is 2.58. The molecule has 1 N–H and O–H groups in total. The molecule has 1 amide bonds. The van der Waals surface area contributed by atoms with Crippen LogP contribution in [0.5, 0.6) is 0 Å². The molecule has 2 aromatic heterocycles. The van der Waals surface area contributed by atoms with Crippen LogP contribution in [0.15, 0.2) is 17.6 Å². The number of carbonyl (C=O) groups is 1. The van der Waals surface area contributed by atoms with Gasteiger partial charge in [0.1, 0.15) is 0 Å². The normalized spacial score (nSPS) is 10.5. The number of hydrogen-bond acceptors (Lipinski definition) is 3. The number of H-pyrrole nitrogens is 1. The van der Waals surface area contributed by atoms with Crippen LogP contribution < -0.4 is 0 Å². The van der Waals surface area contributed by atoms with E-state index in [0.717, 1.165) is 5.69 Å². The molecule has 0 saturated carbocycles. The Morgan fingerprint density at radius 3 is 2.82 bits per heavy atom. The molecular weight excluding hydrogens is 234 g/mol. The molecule has 90 valence electrons. The van der Waals surface area contributed by atoms with E-state index in [1.807, 2.05) is 19.4 Å². The average Bonchev–Trinajstić information content (AvgIpc) is 2.88. The summed E-state index contributed by atoms with van der Waals surface area (Å²) in [6, 6.07) is 2.07. The van der Waals surface area contributed by atoms with Gasteiger partial charge >= 0.3 is 0 Å². The second-order valence-corrected chi connectivity index (χ2v) is 5.10. The summed E-state index contributed by atoms with van der Waals surface area (Å²) in [5.41, 5.74) is 2.69. The lowest BCUT2D eigenvalue weighted by molar-refractivity contribution is 0.0785. The lowest BCUT2D eigenvalue weighted by Crippen LogP contribution is -2.26. The van der Waals surface area contributed by atoms with Gasteiger partial charge in [-0.3, -0.25) is 9.89 Å². The highest BCUT2D eigenvalue weighted by atomic mass is 32.1. The predicted octanol–water partition coefficient (Wildman–Crippen LogP) is 2.36. The van der Waals surface area contributed by atoms with Crippen LogP contribution >= 0.6 is 11.3 Å². The third-order valence-electron chi connectivity index (χ3n) is 2.76. The first-order valence-corrected chi connectivity index (χ1v) is 6.26. The minimum Gasteiger partial charge on any atom is -0.336 e. The van der Waals surface area contributed by atoms with Gasteiger partial charge in [0.05, 0.1) is 18.3 Å². The average molecular weight is 249 g/mol. The van der Waals surface area contributed by atoms with Crippen molar-refractivity contribution in [3.05, 3.63) is 39.3 Å². The van der Waals surface area contributed by atoms with Crippen LogP contribution in [0.4, 0.5) is 0 Å². The monoisotopic (exact) mass is 249 g/mol. The van der Waals surface area contributed by atoms with E-state index >= 15 is 0 Å². The molecule has 2 heterocycles. The van der Waals surface area contributed by atoms with E-state index in [1.54, 1.807) is 22.4 Å². The standard InChI is InChI=1S/C12H15N3OS/c1-8-4-5-17-11(8)7-15(3)12(16)10-6-13-14-9(10)2/h4-6H,7H2,1-3H3,(H,13,14). The summed E-state index contributed by atoms with van der Waals surface area (Å²) in [6.45, 7) is 4.56. The number of aryl methyl sites for hydroxylation is 2. The lowest BCUT2D eigenvalue weighted by Gasteiger charge is -2.16. The summed E-state index contributed by atoms with van der Waals surface area (Å²) in [5, 5.41) is 8.70. The fraction of sp³-hybridized carbons (Fsp3) is 0.333.